The summed E-state index contributed by atoms with van der Waals surface area (Å²) in [6, 6.07) is 0. The lowest BCUT2D eigenvalue weighted by atomic mass is 10.1. The van der Waals surface area contributed by atoms with Gasteiger partial charge in [0, 0.05) is 30.4 Å². The predicted octanol–water partition coefficient (Wildman–Crippen LogP) is 0.639. The first-order valence-corrected chi connectivity index (χ1v) is 6.11. The molecule has 5 heteroatoms. The van der Waals surface area contributed by atoms with Gasteiger partial charge in [0.2, 0.25) is 5.91 Å². The van der Waals surface area contributed by atoms with E-state index in [0.29, 0.717) is 13.1 Å². The van der Waals surface area contributed by atoms with Gasteiger partial charge >= 0.3 is 0 Å². The number of hydrogen-bond donors (Lipinski definition) is 1. The van der Waals surface area contributed by atoms with Crippen molar-refractivity contribution < 1.29 is 9.53 Å². The Bertz CT molecular complexity index is 460. The highest BCUT2D eigenvalue weighted by Crippen LogP contribution is 2.24. The second kappa shape index (κ2) is 5.35. The van der Waals surface area contributed by atoms with Crippen LogP contribution in [0.25, 0.3) is 0 Å². The van der Waals surface area contributed by atoms with Crippen LogP contribution in [0.15, 0.2) is 6.20 Å². The van der Waals surface area contributed by atoms with Crippen LogP contribution in [-0.4, -0.2) is 42.5 Å². The molecule has 1 aromatic heterocycles. The van der Waals surface area contributed by atoms with E-state index in [1.165, 1.54) is 0 Å². The zero-order valence-electron chi connectivity index (χ0n) is 11.1. The molecular formula is C13H19N3O2. The number of pyridine rings is 1. The van der Waals surface area contributed by atoms with Crippen LogP contribution in [0.3, 0.4) is 0 Å². The van der Waals surface area contributed by atoms with Gasteiger partial charge < -0.3 is 15.0 Å². The zero-order valence-corrected chi connectivity index (χ0v) is 11.1. The van der Waals surface area contributed by atoms with Crippen molar-refractivity contribution in [1.82, 2.24) is 15.2 Å². The minimum atomic E-state index is 0.127. The first kappa shape index (κ1) is 12.8. The molecule has 0 bridgehead atoms. The highest BCUT2D eigenvalue weighted by atomic mass is 16.5. The monoisotopic (exact) mass is 249 g/mol. The van der Waals surface area contributed by atoms with Crippen LogP contribution in [0.2, 0.25) is 0 Å². The van der Waals surface area contributed by atoms with Crippen LogP contribution >= 0.6 is 0 Å². The number of nitrogens with zero attached hydrogens (tertiary/aromatic N) is 2. The summed E-state index contributed by atoms with van der Waals surface area (Å²) in [5.74, 6) is 0.990. The van der Waals surface area contributed by atoms with E-state index < -0.39 is 0 Å². The van der Waals surface area contributed by atoms with E-state index >= 15 is 0 Å². The first-order chi connectivity index (χ1) is 8.63. The minimum absolute atomic E-state index is 0.127. The predicted molar refractivity (Wildman–Crippen MR) is 68.5 cm³/mol. The van der Waals surface area contributed by atoms with Crippen molar-refractivity contribution >= 4 is 5.91 Å². The molecule has 1 saturated heterocycles. The fraction of sp³-hybridized carbons (Fsp3) is 0.538. The number of nitrogens with one attached hydrogen (secondary N) is 1. The van der Waals surface area contributed by atoms with Crippen molar-refractivity contribution in [3.63, 3.8) is 0 Å². The first-order valence-electron chi connectivity index (χ1n) is 6.11. The second-order valence-corrected chi connectivity index (χ2v) is 4.54. The number of hydrogen-bond acceptors (Lipinski definition) is 4. The smallest absolute Gasteiger partial charge is 0.236 e. The number of carbonyl (C=O) groups excluding carboxylic acids is 1. The molecule has 5 nitrogen and oxygen atoms in total. The van der Waals surface area contributed by atoms with Crippen LogP contribution in [0.1, 0.15) is 16.8 Å². The molecule has 1 aliphatic rings. The number of amides is 1. The highest BCUT2D eigenvalue weighted by Gasteiger charge is 2.20. The van der Waals surface area contributed by atoms with E-state index in [0.717, 1.165) is 35.7 Å². The Kier molecular flexibility index (Phi) is 3.81. The molecule has 0 unspecified atom stereocenters. The fourth-order valence-electron chi connectivity index (χ4n) is 2.22. The molecule has 0 saturated carbocycles. The van der Waals surface area contributed by atoms with Crippen LogP contribution in [0.4, 0.5) is 0 Å². The van der Waals surface area contributed by atoms with E-state index in [2.05, 4.69) is 10.3 Å². The SMILES string of the molecule is COc1c(C)cnc(CN2CCNCC2=O)c1C. The zero-order chi connectivity index (χ0) is 13.1. The molecule has 1 fully saturated rings. The summed E-state index contributed by atoms with van der Waals surface area (Å²) in [6.45, 7) is 6.51. The number of rotatable bonds is 3. The lowest BCUT2D eigenvalue weighted by molar-refractivity contribution is -0.132. The van der Waals surface area contributed by atoms with E-state index in [-0.39, 0.29) is 5.91 Å². The average molecular weight is 249 g/mol. The maximum Gasteiger partial charge on any atom is 0.236 e. The summed E-state index contributed by atoms with van der Waals surface area (Å²) >= 11 is 0. The number of piperazine rings is 1. The lowest BCUT2D eigenvalue weighted by Crippen LogP contribution is -2.47. The summed E-state index contributed by atoms with van der Waals surface area (Å²) < 4.78 is 5.38. The van der Waals surface area contributed by atoms with Crippen molar-refractivity contribution in [2.75, 3.05) is 26.7 Å². The molecule has 98 valence electrons. The topological polar surface area (TPSA) is 54.5 Å². The maximum atomic E-state index is 11.7. The molecule has 2 heterocycles. The van der Waals surface area contributed by atoms with E-state index in [1.807, 2.05) is 18.7 Å². The van der Waals surface area contributed by atoms with Gasteiger partial charge in [-0.05, 0) is 13.8 Å². The van der Waals surface area contributed by atoms with Gasteiger partial charge in [-0.3, -0.25) is 9.78 Å². The molecule has 1 amide bonds. The van der Waals surface area contributed by atoms with Crippen LogP contribution in [-0.2, 0) is 11.3 Å². The Morgan fingerprint density at radius 3 is 2.94 bits per heavy atom. The van der Waals surface area contributed by atoms with Crippen molar-refractivity contribution in [3.8, 4) is 5.75 Å². The summed E-state index contributed by atoms with van der Waals surface area (Å²) in [6.07, 6.45) is 1.80. The van der Waals surface area contributed by atoms with Gasteiger partial charge in [0.15, 0.2) is 0 Å². The fourth-order valence-corrected chi connectivity index (χ4v) is 2.22. The average Bonchev–Trinajstić information content (AvgIpc) is 2.36. The molecule has 2 rings (SSSR count). The molecule has 0 radical (unpaired) electrons. The molecule has 1 aromatic rings. The third-order valence-corrected chi connectivity index (χ3v) is 3.28. The number of methoxy groups -OCH3 is 1. The number of carbonyl (C=O) groups is 1. The van der Waals surface area contributed by atoms with Gasteiger partial charge in [0.05, 0.1) is 25.9 Å². The van der Waals surface area contributed by atoms with Gasteiger partial charge in [0.1, 0.15) is 5.75 Å². The highest BCUT2D eigenvalue weighted by molar-refractivity contribution is 5.79. The van der Waals surface area contributed by atoms with Gasteiger partial charge in [-0.2, -0.15) is 0 Å². The van der Waals surface area contributed by atoms with Crippen LogP contribution in [0.5, 0.6) is 5.75 Å². The molecule has 0 aliphatic carbocycles. The van der Waals surface area contributed by atoms with Crippen molar-refractivity contribution in [2.24, 2.45) is 0 Å². The molecular weight excluding hydrogens is 230 g/mol. The van der Waals surface area contributed by atoms with Crippen molar-refractivity contribution in [1.29, 1.82) is 0 Å². The molecule has 1 aliphatic heterocycles. The van der Waals surface area contributed by atoms with Gasteiger partial charge in [-0.25, -0.2) is 0 Å². The summed E-state index contributed by atoms with van der Waals surface area (Å²) in [7, 11) is 1.66. The Morgan fingerprint density at radius 2 is 2.28 bits per heavy atom. The quantitative estimate of drug-likeness (QED) is 0.854. The van der Waals surface area contributed by atoms with Gasteiger partial charge in [0.25, 0.3) is 0 Å². The Labute approximate surface area is 107 Å². The van der Waals surface area contributed by atoms with Gasteiger partial charge in [-0.15, -0.1) is 0 Å². The summed E-state index contributed by atoms with van der Waals surface area (Å²) in [4.78, 5) is 18.0. The Balaban J connectivity index is 2.21. The largest absolute Gasteiger partial charge is 0.496 e. The van der Waals surface area contributed by atoms with E-state index in [4.69, 9.17) is 4.74 Å². The van der Waals surface area contributed by atoms with Crippen molar-refractivity contribution in [2.45, 2.75) is 20.4 Å². The molecule has 0 spiro atoms. The Morgan fingerprint density at radius 1 is 1.50 bits per heavy atom. The summed E-state index contributed by atoms with van der Waals surface area (Å²) in [5, 5.41) is 3.06. The molecule has 1 N–H and O–H groups in total. The molecule has 0 atom stereocenters. The van der Waals surface area contributed by atoms with Gasteiger partial charge in [-0.1, -0.05) is 0 Å². The molecule has 0 aromatic carbocycles. The lowest BCUT2D eigenvalue weighted by Gasteiger charge is -2.27. The third-order valence-electron chi connectivity index (χ3n) is 3.28. The summed E-state index contributed by atoms with van der Waals surface area (Å²) in [5.41, 5.74) is 2.95. The number of aryl methyl sites for hydroxylation is 1. The normalized spacial score (nSPS) is 15.9. The van der Waals surface area contributed by atoms with Crippen LogP contribution < -0.4 is 10.1 Å². The third kappa shape index (κ3) is 2.46. The van der Waals surface area contributed by atoms with E-state index in [1.54, 1.807) is 13.3 Å². The second-order valence-electron chi connectivity index (χ2n) is 4.54. The molecule has 18 heavy (non-hydrogen) atoms. The Hall–Kier alpha value is -1.62. The maximum absolute atomic E-state index is 11.7. The standard InChI is InChI=1S/C13H19N3O2/c1-9-6-15-11(10(2)13(9)18-3)8-16-5-4-14-7-12(16)17/h6,14H,4-5,7-8H2,1-3H3. The number of ether oxygens (including phenoxy) is 1. The number of aromatic nitrogens is 1. The van der Waals surface area contributed by atoms with Crippen molar-refractivity contribution in [3.05, 3.63) is 23.0 Å². The van der Waals surface area contributed by atoms with Crippen LogP contribution in [0, 0.1) is 13.8 Å². The van der Waals surface area contributed by atoms with E-state index in [9.17, 15) is 4.79 Å². The minimum Gasteiger partial charge on any atom is -0.496 e.